The Kier molecular flexibility index (Phi) is 3.58. The van der Waals surface area contributed by atoms with Crippen molar-refractivity contribution in [3.63, 3.8) is 0 Å². The summed E-state index contributed by atoms with van der Waals surface area (Å²) < 4.78 is 14.9. The van der Waals surface area contributed by atoms with E-state index in [4.69, 9.17) is 0 Å². The van der Waals surface area contributed by atoms with E-state index in [-0.39, 0.29) is 30.8 Å². The largest absolute Gasteiger partial charge is 0.342 e. The topological polar surface area (TPSA) is 58.4 Å². The fourth-order valence-electron chi connectivity index (χ4n) is 3.78. The van der Waals surface area contributed by atoms with E-state index in [1.54, 1.807) is 6.33 Å². The molecule has 3 aliphatic rings. The zero-order valence-electron chi connectivity index (χ0n) is 13.1. The monoisotopic (exact) mass is 320 g/mol. The molecule has 0 bridgehead atoms. The predicted molar refractivity (Wildman–Crippen MR) is 80.7 cm³/mol. The molecule has 0 aromatic carbocycles. The SMILES string of the molecule is O=C(c1ncn2c1CCC(C(=O)N1CCCC1)C2)N1CC(F)C1. The third kappa shape index (κ3) is 2.52. The zero-order valence-corrected chi connectivity index (χ0v) is 13.1. The van der Waals surface area contributed by atoms with Crippen molar-refractivity contribution < 1.29 is 14.0 Å². The van der Waals surface area contributed by atoms with Gasteiger partial charge in [0.15, 0.2) is 0 Å². The second-order valence-corrected chi connectivity index (χ2v) is 6.77. The highest BCUT2D eigenvalue weighted by molar-refractivity contribution is 5.94. The van der Waals surface area contributed by atoms with Crippen LogP contribution in [0, 0.1) is 5.92 Å². The molecule has 0 saturated carbocycles. The van der Waals surface area contributed by atoms with Gasteiger partial charge in [-0.25, -0.2) is 9.37 Å². The first-order valence-electron chi connectivity index (χ1n) is 8.39. The molecule has 1 atom stereocenters. The lowest BCUT2D eigenvalue weighted by Crippen LogP contribution is -2.51. The molecule has 1 aromatic rings. The Morgan fingerprint density at radius 1 is 1.13 bits per heavy atom. The van der Waals surface area contributed by atoms with E-state index < -0.39 is 6.17 Å². The summed E-state index contributed by atoms with van der Waals surface area (Å²) >= 11 is 0. The van der Waals surface area contributed by atoms with Crippen LogP contribution < -0.4 is 0 Å². The fraction of sp³-hybridized carbons (Fsp3) is 0.688. The minimum Gasteiger partial charge on any atom is -0.342 e. The first-order chi connectivity index (χ1) is 11.1. The second-order valence-electron chi connectivity index (χ2n) is 6.77. The summed E-state index contributed by atoms with van der Waals surface area (Å²) in [5.74, 6) is 0.0340. The molecule has 4 heterocycles. The first-order valence-corrected chi connectivity index (χ1v) is 8.39. The van der Waals surface area contributed by atoms with Gasteiger partial charge < -0.3 is 14.4 Å². The van der Waals surface area contributed by atoms with Crippen molar-refractivity contribution in [3.05, 3.63) is 17.7 Å². The third-order valence-electron chi connectivity index (χ3n) is 5.19. The molecule has 0 spiro atoms. The molecular weight excluding hydrogens is 299 g/mol. The van der Waals surface area contributed by atoms with Crippen LogP contribution in [0.25, 0.3) is 0 Å². The number of hydrogen-bond donors (Lipinski definition) is 0. The van der Waals surface area contributed by atoms with E-state index >= 15 is 0 Å². The number of halogens is 1. The average molecular weight is 320 g/mol. The highest BCUT2D eigenvalue weighted by Crippen LogP contribution is 2.26. The van der Waals surface area contributed by atoms with E-state index in [1.165, 1.54) is 4.90 Å². The number of rotatable bonds is 2. The van der Waals surface area contributed by atoms with Crippen LogP contribution in [-0.4, -0.2) is 63.5 Å². The van der Waals surface area contributed by atoms with Gasteiger partial charge in [-0.3, -0.25) is 9.59 Å². The summed E-state index contributed by atoms with van der Waals surface area (Å²) in [5.41, 5.74) is 1.33. The van der Waals surface area contributed by atoms with Crippen molar-refractivity contribution in [2.24, 2.45) is 5.92 Å². The number of fused-ring (bicyclic) bond motifs is 1. The van der Waals surface area contributed by atoms with Gasteiger partial charge in [-0.05, 0) is 25.7 Å². The lowest BCUT2D eigenvalue weighted by molar-refractivity contribution is -0.135. The molecule has 2 fully saturated rings. The molecule has 0 N–H and O–H groups in total. The highest BCUT2D eigenvalue weighted by Gasteiger charge is 2.36. The molecule has 1 aromatic heterocycles. The number of likely N-dealkylation sites (tertiary alicyclic amines) is 2. The summed E-state index contributed by atoms with van der Waals surface area (Å²) in [6.45, 7) is 2.67. The molecule has 3 aliphatic heterocycles. The van der Waals surface area contributed by atoms with Crippen LogP contribution in [0.1, 0.15) is 35.4 Å². The van der Waals surface area contributed by atoms with Crippen LogP contribution in [0.4, 0.5) is 4.39 Å². The van der Waals surface area contributed by atoms with Crippen LogP contribution in [0.5, 0.6) is 0 Å². The third-order valence-corrected chi connectivity index (χ3v) is 5.19. The van der Waals surface area contributed by atoms with E-state index in [1.807, 2.05) is 9.47 Å². The number of imidazole rings is 1. The van der Waals surface area contributed by atoms with Gasteiger partial charge in [-0.15, -0.1) is 0 Å². The van der Waals surface area contributed by atoms with Gasteiger partial charge in [-0.1, -0.05) is 0 Å². The van der Waals surface area contributed by atoms with Crippen molar-refractivity contribution in [2.45, 2.75) is 38.4 Å². The number of amides is 2. The number of carbonyl (C=O) groups excluding carboxylic acids is 2. The molecule has 0 radical (unpaired) electrons. The Labute approximate surface area is 134 Å². The van der Waals surface area contributed by atoms with Crippen molar-refractivity contribution >= 4 is 11.8 Å². The molecule has 1 unspecified atom stereocenters. The number of alkyl halides is 1. The van der Waals surface area contributed by atoms with Crippen molar-refractivity contribution in [3.8, 4) is 0 Å². The smallest absolute Gasteiger partial charge is 0.274 e. The van der Waals surface area contributed by atoms with E-state index in [0.29, 0.717) is 18.7 Å². The Balaban J connectivity index is 1.46. The maximum Gasteiger partial charge on any atom is 0.274 e. The van der Waals surface area contributed by atoms with Gasteiger partial charge in [0, 0.05) is 19.6 Å². The molecule has 7 heteroatoms. The molecule has 2 amide bonds. The Morgan fingerprint density at radius 2 is 1.87 bits per heavy atom. The summed E-state index contributed by atoms with van der Waals surface area (Å²) in [4.78, 5) is 32.6. The summed E-state index contributed by atoms with van der Waals surface area (Å²) in [6, 6.07) is 0. The molecule has 2 saturated heterocycles. The summed E-state index contributed by atoms with van der Waals surface area (Å²) in [7, 11) is 0. The summed E-state index contributed by atoms with van der Waals surface area (Å²) in [5, 5.41) is 0. The predicted octanol–water partition coefficient (Wildman–Crippen LogP) is 0.862. The van der Waals surface area contributed by atoms with Gasteiger partial charge in [0.05, 0.1) is 31.0 Å². The maximum absolute atomic E-state index is 12.9. The Bertz CT molecular complexity index is 632. The van der Waals surface area contributed by atoms with Crippen LogP contribution in [0.3, 0.4) is 0 Å². The average Bonchev–Trinajstić information content (AvgIpc) is 3.19. The van der Waals surface area contributed by atoms with Crippen LogP contribution in [0.15, 0.2) is 6.33 Å². The quantitative estimate of drug-likeness (QED) is 0.812. The van der Waals surface area contributed by atoms with E-state index in [0.717, 1.165) is 38.0 Å². The molecule has 124 valence electrons. The number of hydrogen-bond acceptors (Lipinski definition) is 3. The van der Waals surface area contributed by atoms with Crippen molar-refractivity contribution in [2.75, 3.05) is 26.2 Å². The Hall–Kier alpha value is -1.92. The molecule has 0 aliphatic carbocycles. The van der Waals surface area contributed by atoms with Gasteiger partial charge in [0.2, 0.25) is 5.91 Å². The fourth-order valence-corrected chi connectivity index (χ4v) is 3.78. The van der Waals surface area contributed by atoms with Crippen LogP contribution >= 0.6 is 0 Å². The Morgan fingerprint density at radius 3 is 2.57 bits per heavy atom. The second kappa shape index (κ2) is 5.62. The van der Waals surface area contributed by atoms with Crippen LogP contribution in [0.2, 0.25) is 0 Å². The molecular formula is C16H21FN4O2. The highest BCUT2D eigenvalue weighted by atomic mass is 19.1. The molecule has 4 rings (SSSR count). The van der Waals surface area contributed by atoms with Gasteiger partial charge in [0.25, 0.3) is 5.91 Å². The maximum atomic E-state index is 12.9. The van der Waals surface area contributed by atoms with Crippen molar-refractivity contribution in [1.29, 1.82) is 0 Å². The zero-order chi connectivity index (χ0) is 16.0. The van der Waals surface area contributed by atoms with Crippen LogP contribution in [-0.2, 0) is 17.8 Å². The van der Waals surface area contributed by atoms with Gasteiger partial charge in [-0.2, -0.15) is 0 Å². The van der Waals surface area contributed by atoms with E-state index in [2.05, 4.69) is 4.98 Å². The van der Waals surface area contributed by atoms with Crippen molar-refractivity contribution in [1.82, 2.24) is 19.4 Å². The summed E-state index contributed by atoms with van der Waals surface area (Å²) in [6.07, 6.45) is 4.38. The lowest BCUT2D eigenvalue weighted by Gasteiger charge is -2.34. The van der Waals surface area contributed by atoms with Gasteiger partial charge >= 0.3 is 0 Å². The molecule has 6 nitrogen and oxygen atoms in total. The lowest BCUT2D eigenvalue weighted by atomic mass is 9.95. The van der Waals surface area contributed by atoms with E-state index in [9.17, 15) is 14.0 Å². The number of nitrogens with zero attached hydrogens (tertiary/aromatic N) is 4. The number of carbonyl (C=O) groups is 2. The first kappa shape index (κ1) is 14.7. The molecule has 23 heavy (non-hydrogen) atoms. The standard InChI is InChI=1S/C16H21FN4O2/c17-12-8-20(9-12)16(23)14-13-4-3-11(7-21(13)10-18-14)15(22)19-5-1-2-6-19/h10-12H,1-9H2. The minimum atomic E-state index is -0.903. The normalized spacial score (nSPS) is 24.5. The minimum absolute atomic E-state index is 0.0167. The number of aromatic nitrogens is 2. The van der Waals surface area contributed by atoms with Gasteiger partial charge in [0.1, 0.15) is 11.9 Å².